The van der Waals surface area contributed by atoms with Crippen LogP contribution >= 0.6 is 11.5 Å². The van der Waals surface area contributed by atoms with Crippen LogP contribution in [-0.4, -0.2) is 46.6 Å². The van der Waals surface area contributed by atoms with Gasteiger partial charge in [0.1, 0.15) is 10.9 Å². The molecule has 0 atom stereocenters. The minimum Gasteiger partial charge on any atom is -0.327 e. The molecule has 5 rings (SSSR count). The molecule has 136 valence electrons. The molecule has 1 saturated heterocycles. The predicted molar refractivity (Wildman–Crippen MR) is 105 cm³/mol. The quantitative estimate of drug-likeness (QED) is 0.743. The van der Waals surface area contributed by atoms with E-state index in [1.807, 2.05) is 11.8 Å². The van der Waals surface area contributed by atoms with Gasteiger partial charge in [0.25, 0.3) is 5.91 Å². The number of carbonyl (C=O) groups excluding carboxylic acids is 1. The van der Waals surface area contributed by atoms with Crippen molar-refractivity contribution < 1.29 is 9.69 Å². The number of hydrogen-bond acceptors (Lipinski definition) is 4. The summed E-state index contributed by atoms with van der Waals surface area (Å²) in [4.78, 5) is 16.9. The summed E-state index contributed by atoms with van der Waals surface area (Å²) in [7, 11) is 0. The van der Waals surface area contributed by atoms with Crippen molar-refractivity contribution in [2.75, 3.05) is 26.2 Å². The van der Waals surface area contributed by atoms with Crippen LogP contribution in [0.4, 0.5) is 0 Å². The highest BCUT2D eigenvalue weighted by Crippen LogP contribution is 2.41. The van der Waals surface area contributed by atoms with Gasteiger partial charge in [-0.3, -0.25) is 4.79 Å². The molecule has 0 spiro atoms. The molecular formula is C21H21N4OS+. The van der Waals surface area contributed by atoms with E-state index < -0.39 is 0 Å². The monoisotopic (exact) mass is 377 g/mol. The number of carbonyl (C=O) groups is 1. The second-order valence-corrected chi connectivity index (χ2v) is 8.00. The van der Waals surface area contributed by atoms with Crippen LogP contribution in [0.5, 0.6) is 0 Å². The zero-order valence-corrected chi connectivity index (χ0v) is 16.0. The second kappa shape index (κ2) is 6.55. The highest BCUT2D eigenvalue weighted by Gasteiger charge is 2.38. The molecule has 2 aliphatic rings. The van der Waals surface area contributed by atoms with Crippen molar-refractivity contribution in [3.05, 3.63) is 70.2 Å². The zero-order chi connectivity index (χ0) is 18.4. The molecule has 5 nitrogen and oxygen atoms in total. The molecule has 1 aliphatic heterocycles. The summed E-state index contributed by atoms with van der Waals surface area (Å²) in [5.74, 6) is 0.0776. The molecule has 6 heteroatoms. The van der Waals surface area contributed by atoms with E-state index >= 15 is 0 Å². The van der Waals surface area contributed by atoms with Crippen LogP contribution in [0.1, 0.15) is 32.5 Å². The predicted octanol–water partition coefficient (Wildman–Crippen LogP) is 1.96. The number of rotatable bonds is 2. The van der Waals surface area contributed by atoms with Crippen LogP contribution < -0.4 is 4.90 Å². The maximum absolute atomic E-state index is 12.8. The third kappa shape index (κ3) is 2.67. The Labute approximate surface area is 162 Å². The Balaban J connectivity index is 1.39. The Kier molecular flexibility index (Phi) is 4.02. The molecule has 0 saturated carbocycles. The standard InChI is InChI=1S/C21H20N4OS/c1-14-20(27-23-22-14)21(26)25-12-10-24(11-13-25)19-17-8-4-2-6-15(17)16-7-3-5-9-18(16)19/h2-9,19H,10-13H2,1H3/p+1. The summed E-state index contributed by atoms with van der Waals surface area (Å²) < 4.78 is 3.90. The molecule has 2 aromatic carbocycles. The molecule has 1 fully saturated rings. The summed E-state index contributed by atoms with van der Waals surface area (Å²) in [6.45, 7) is 5.29. The van der Waals surface area contributed by atoms with Crippen LogP contribution in [0, 0.1) is 6.92 Å². The van der Waals surface area contributed by atoms with E-state index in [2.05, 4.69) is 58.1 Å². The molecule has 2 heterocycles. The summed E-state index contributed by atoms with van der Waals surface area (Å²) >= 11 is 1.20. The van der Waals surface area contributed by atoms with E-state index in [9.17, 15) is 4.79 Å². The number of piperazine rings is 1. The van der Waals surface area contributed by atoms with Crippen molar-refractivity contribution in [3.8, 4) is 11.1 Å². The molecule has 1 N–H and O–H groups in total. The Hall–Kier alpha value is -2.57. The number of aromatic nitrogens is 2. The summed E-state index contributed by atoms with van der Waals surface area (Å²) in [5, 5.41) is 3.98. The third-order valence-electron chi connectivity index (χ3n) is 5.78. The van der Waals surface area contributed by atoms with E-state index in [0.717, 1.165) is 31.9 Å². The van der Waals surface area contributed by atoms with Gasteiger partial charge < -0.3 is 9.80 Å². The maximum Gasteiger partial charge on any atom is 0.267 e. The summed E-state index contributed by atoms with van der Waals surface area (Å²) in [6, 6.07) is 17.9. The first-order valence-electron chi connectivity index (χ1n) is 9.35. The Morgan fingerprint density at radius 1 is 1.04 bits per heavy atom. The van der Waals surface area contributed by atoms with Gasteiger partial charge in [-0.15, -0.1) is 5.10 Å². The number of fused-ring (bicyclic) bond motifs is 3. The van der Waals surface area contributed by atoms with E-state index in [-0.39, 0.29) is 5.91 Å². The lowest BCUT2D eigenvalue weighted by Gasteiger charge is -2.35. The second-order valence-electron chi connectivity index (χ2n) is 7.25. The van der Waals surface area contributed by atoms with E-state index in [1.54, 1.807) is 0 Å². The number of benzene rings is 2. The summed E-state index contributed by atoms with van der Waals surface area (Å²) in [5.41, 5.74) is 6.27. The van der Waals surface area contributed by atoms with Crippen molar-refractivity contribution in [2.24, 2.45) is 0 Å². The van der Waals surface area contributed by atoms with Crippen LogP contribution in [0.2, 0.25) is 0 Å². The van der Waals surface area contributed by atoms with Crippen LogP contribution in [-0.2, 0) is 0 Å². The first-order valence-corrected chi connectivity index (χ1v) is 10.1. The van der Waals surface area contributed by atoms with E-state index in [4.69, 9.17) is 0 Å². The van der Waals surface area contributed by atoms with E-state index in [1.165, 1.54) is 38.7 Å². The zero-order valence-electron chi connectivity index (χ0n) is 15.2. The fourth-order valence-electron chi connectivity index (χ4n) is 4.45. The number of hydrogen-bond donors (Lipinski definition) is 1. The van der Waals surface area contributed by atoms with Gasteiger partial charge >= 0.3 is 0 Å². The molecular weight excluding hydrogens is 356 g/mol. The van der Waals surface area contributed by atoms with Crippen LogP contribution in [0.3, 0.4) is 0 Å². The SMILES string of the molecule is Cc1nnsc1C(=O)N1CC[NH+](C2c3ccccc3-c3ccccc32)CC1. The molecule has 0 bridgehead atoms. The van der Waals surface area contributed by atoms with Gasteiger partial charge in [0, 0.05) is 11.1 Å². The lowest BCUT2D eigenvalue weighted by Crippen LogP contribution is -3.15. The van der Waals surface area contributed by atoms with E-state index in [0.29, 0.717) is 10.9 Å². The third-order valence-corrected chi connectivity index (χ3v) is 6.60. The first kappa shape index (κ1) is 16.6. The van der Waals surface area contributed by atoms with Crippen molar-refractivity contribution in [1.82, 2.24) is 14.5 Å². The van der Waals surface area contributed by atoms with Gasteiger partial charge in [0.05, 0.1) is 31.9 Å². The highest BCUT2D eigenvalue weighted by molar-refractivity contribution is 7.07. The Morgan fingerprint density at radius 2 is 1.63 bits per heavy atom. The minimum atomic E-state index is 0.0776. The van der Waals surface area contributed by atoms with Crippen LogP contribution in [0.25, 0.3) is 11.1 Å². The Bertz CT molecular complexity index is 961. The van der Waals surface area contributed by atoms with Gasteiger partial charge in [-0.05, 0) is 29.6 Å². The van der Waals surface area contributed by atoms with Gasteiger partial charge in [-0.2, -0.15) is 0 Å². The lowest BCUT2D eigenvalue weighted by molar-refractivity contribution is -0.928. The molecule has 1 aliphatic carbocycles. The molecule has 27 heavy (non-hydrogen) atoms. The fraction of sp³-hybridized carbons (Fsp3) is 0.286. The number of amides is 1. The van der Waals surface area contributed by atoms with Gasteiger partial charge in [-0.1, -0.05) is 53.0 Å². The Morgan fingerprint density at radius 3 is 2.19 bits per heavy atom. The van der Waals surface area contributed by atoms with Crippen LogP contribution in [0.15, 0.2) is 48.5 Å². The number of nitrogens with one attached hydrogen (secondary N) is 1. The molecule has 1 aromatic heterocycles. The molecule has 1 amide bonds. The van der Waals surface area contributed by atoms with Gasteiger partial charge in [-0.25, -0.2) is 0 Å². The smallest absolute Gasteiger partial charge is 0.267 e. The highest BCUT2D eigenvalue weighted by atomic mass is 32.1. The van der Waals surface area contributed by atoms with Gasteiger partial charge in [0.15, 0.2) is 0 Å². The number of aryl methyl sites for hydroxylation is 1. The van der Waals surface area contributed by atoms with Crippen molar-refractivity contribution in [1.29, 1.82) is 0 Å². The normalized spacial score (nSPS) is 17.0. The van der Waals surface area contributed by atoms with Crippen molar-refractivity contribution >= 4 is 17.4 Å². The lowest BCUT2D eigenvalue weighted by atomic mass is 10.0. The largest absolute Gasteiger partial charge is 0.327 e. The first-order chi connectivity index (χ1) is 13.2. The topological polar surface area (TPSA) is 50.5 Å². The molecule has 0 radical (unpaired) electrons. The van der Waals surface area contributed by atoms with Crippen molar-refractivity contribution in [3.63, 3.8) is 0 Å². The average Bonchev–Trinajstić information content (AvgIpc) is 3.29. The minimum absolute atomic E-state index is 0.0776. The van der Waals surface area contributed by atoms with Gasteiger partial charge in [0.2, 0.25) is 0 Å². The maximum atomic E-state index is 12.8. The number of quaternary nitrogens is 1. The average molecular weight is 377 g/mol. The molecule has 0 unspecified atom stereocenters. The molecule has 3 aromatic rings. The number of nitrogens with zero attached hydrogens (tertiary/aromatic N) is 3. The van der Waals surface area contributed by atoms with Crippen molar-refractivity contribution in [2.45, 2.75) is 13.0 Å². The fourth-order valence-corrected chi connectivity index (χ4v) is 5.08. The summed E-state index contributed by atoms with van der Waals surface area (Å²) in [6.07, 6.45) is 0.